The summed E-state index contributed by atoms with van der Waals surface area (Å²) in [6, 6.07) is 14.7. The summed E-state index contributed by atoms with van der Waals surface area (Å²) in [6.07, 6.45) is 1.45. The molecule has 0 spiro atoms. The van der Waals surface area contributed by atoms with Crippen molar-refractivity contribution in [2.24, 2.45) is 0 Å². The molecule has 0 aromatic heterocycles. The predicted octanol–water partition coefficient (Wildman–Crippen LogP) is 3.24. The summed E-state index contributed by atoms with van der Waals surface area (Å²) in [5.41, 5.74) is 1.08. The van der Waals surface area contributed by atoms with E-state index in [2.05, 4.69) is 0 Å². The van der Waals surface area contributed by atoms with Gasteiger partial charge in [0.2, 0.25) is 0 Å². The van der Waals surface area contributed by atoms with E-state index < -0.39 is 16.1 Å². The van der Waals surface area contributed by atoms with Crippen LogP contribution in [0.15, 0.2) is 60.0 Å². The molecule has 6 heteroatoms. The number of ether oxygens (including phenoxy) is 1. The van der Waals surface area contributed by atoms with E-state index in [0.717, 1.165) is 11.0 Å². The van der Waals surface area contributed by atoms with Crippen LogP contribution in [0.4, 0.5) is 0 Å². The van der Waals surface area contributed by atoms with Crippen molar-refractivity contribution in [1.29, 1.82) is 0 Å². The summed E-state index contributed by atoms with van der Waals surface area (Å²) in [4.78, 5) is 11.5. The first-order valence-corrected chi connectivity index (χ1v) is 8.42. The number of hydrogen-bond donors (Lipinski definition) is 0. The van der Waals surface area contributed by atoms with Gasteiger partial charge in [-0.25, -0.2) is 4.79 Å². The van der Waals surface area contributed by atoms with E-state index in [1.807, 2.05) is 6.07 Å². The lowest BCUT2D eigenvalue weighted by Gasteiger charge is -2.05. The van der Waals surface area contributed by atoms with E-state index in [4.69, 9.17) is 8.92 Å². The summed E-state index contributed by atoms with van der Waals surface area (Å²) >= 11 is 0. The third-order valence-corrected chi connectivity index (χ3v) is 3.70. The molecule has 0 saturated carbocycles. The first-order chi connectivity index (χ1) is 11.0. The number of esters is 1. The lowest BCUT2D eigenvalue weighted by Crippen LogP contribution is -2.06. The van der Waals surface area contributed by atoms with Gasteiger partial charge in [0.05, 0.1) is 17.6 Å². The van der Waals surface area contributed by atoms with Crippen LogP contribution in [0.3, 0.4) is 0 Å². The van der Waals surface area contributed by atoms with Crippen molar-refractivity contribution >= 4 is 22.2 Å². The Morgan fingerprint density at radius 3 is 2.30 bits per heavy atom. The van der Waals surface area contributed by atoms with E-state index in [0.29, 0.717) is 5.56 Å². The van der Waals surface area contributed by atoms with Gasteiger partial charge in [-0.05, 0) is 42.8 Å². The molecule has 2 rings (SSSR count). The van der Waals surface area contributed by atoms with E-state index in [1.54, 1.807) is 31.2 Å². The minimum atomic E-state index is -3.87. The molecule has 5 nitrogen and oxygen atoms in total. The first kappa shape index (κ1) is 16.8. The fourth-order valence-electron chi connectivity index (χ4n) is 1.75. The minimum absolute atomic E-state index is 0.121. The highest BCUT2D eigenvalue weighted by molar-refractivity contribution is 7.90. The fraction of sp³-hybridized carbons (Fsp3) is 0.118. The van der Waals surface area contributed by atoms with Crippen LogP contribution in [0.25, 0.3) is 6.08 Å². The Kier molecular flexibility index (Phi) is 5.54. The number of benzene rings is 2. The van der Waals surface area contributed by atoms with E-state index in [9.17, 15) is 13.2 Å². The SMILES string of the molecule is CCOC(=O)c1ccc(OS(=O)(=O)/C=C/c2ccccc2)cc1. The Balaban J connectivity index is 2.06. The van der Waals surface area contributed by atoms with Crippen LogP contribution in [-0.4, -0.2) is 21.0 Å². The number of carbonyl (C=O) groups is 1. The summed E-state index contributed by atoms with van der Waals surface area (Å²) < 4.78 is 33.6. The Hall–Kier alpha value is -2.60. The molecule has 23 heavy (non-hydrogen) atoms. The lowest BCUT2D eigenvalue weighted by molar-refractivity contribution is 0.0526. The summed E-state index contributed by atoms with van der Waals surface area (Å²) in [5.74, 6) is -0.346. The maximum Gasteiger partial charge on any atom is 0.338 e. The molecule has 0 N–H and O–H groups in total. The quantitative estimate of drug-likeness (QED) is 0.600. The third kappa shape index (κ3) is 5.27. The molecular formula is C17H16O5S. The molecule has 0 aliphatic carbocycles. The van der Waals surface area contributed by atoms with Gasteiger partial charge in [0.1, 0.15) is 5.75 Å². The molecule has 0 bridgehead atoms. The van der Waals surface area contributed by atoms with E-state index >= 15 is 0 Å². The molecule has 2 aromatic rings. The standard InChI is InChI=1S/C17H16O5S/c1-2-21-17(18)15-8-10-16(11-9-15)22-23(19,20)13-12-14-6-4-3-5-7-14/h3-13H,2H2,1H3/b13-12+. The fourth-order valence-corrected chi connectivity index (χ4v) is 2.51. The average molecular weight is 332 g/mol. The molecule has 0 aliphatic heterocycles. The topological polar surface area (TPSA) is 69.7 Å². The van der Waals surface area contributed by atoms with Crippen LogP contribution in [0.2, 0.25) is 0 Å². The molecule has 0 aliphatic rings. The highest BCUT2D eigenvalue weighted by Gasteiger charge is 2.10. The molecule has 0 amide bonds. The summed E-state index contributed by atoms with van der Waals surface area (Å²) in [6.45, 7) is 1.98. The van der Waals surface area contributed by atoms with Gasteiger partial charge in [0, 0.05) is 0 Å². The monoisotopic (exact) mass is 332 g/mol. The number of rotatable bonds is 6. The molecular weight excluding hydrogens is 316 g/mol. The van der Waals surface area contributed by atoms with E-state index in [1.165, 1.54) is 30.3 Å². The van der Waals surface area contributed by atoms with Crippen molar-refractivity contribution in [3.05, 3.63) is 71.1 Å². The normalized spacial score (nSPS) is 11.3. The van der Waals surface area contributed by atoms with Crippen LogP contribution in [0, 0.1) is 0 Å². The van der Waals surface area contributed by atoms with Crippen molar-refractivity contribution in [3.8, 4) is 5.75 Å². The Morgan fingerprint density at radius 1 is 1.04 bits per heavy atom. The molecule has 0 heterocycles. The van der Waals surface area contributed by atoms with E-state index in [-0.39, 0.29) is 12.4 Å². The van der Waals surface area contributed by atoms with Gasteiger partial charge < -0.3 is 8.92 Å². The lowest BCUT2D eigenvalue weighted by atomic mass is 10.2. The number of hydrogen-bond acceptors (Lipinski definition) is 5. The van der Waals surface area contributed by atoms with Crippen LogP contribution in [0.1, 0.15) is 22.8 Å². The van der Waals surface area contributed by atoms with Gasteiger partial charge in [-0.1, -0.05) is 30.3 Å². The molecule has 120 valence electrons. The maximum atomic E-state index is 11.9. The molecule has 0 unspecified atom stereocenters. The second kappa shape index (κ2) is 7.60. The molecule has 2 aromatic carbocycles. The summed E-state index contributed by atoms with van der Waals surface area (Å²) in [5, 5.41) is 0.988. The Labute approximate surface area is 135 Å². The van der Waals surface area contributed by atoms with Crippen molar-refractivity contribution in [3.63, 3.8) is 0 Å². The van der Waals surface area contributed by atoms with Gasteiger partial charge in [0.25, 0.3) is 0 Å². The molecule has 0 atom stereocenters. The van der Waals surface area contributed by atoms with Gasteiger partial charge in [-0.3, -0.25) is 0 Å². The second-order valence-corrected chi connectivity index (χ2v) is 5.96. The van der Waals surface area contributed by atoms with Gasteiger partial charge in [0.15, 0.2) is 0 Å². The van der Waals surface area contributed by atoms with Crippen molar-refractivity contribution in [1.82, 2.24) is 0 Å². The van der Waals surface area contributed by atoms with Gasteiger partial charge in [-0.2, -0.15) is 8.42 Å². The highest BCUT2D eigenvalue weighted by atomic mass is 32.2. The minimum Gasteiger partial charge on any atom is -0.462 e. The Bertz CT molecular complexity index is 777. The van der Waals surface area contributed by atoms with Gasteiger partial charge >= 0.3 is 16.1 Å². The zero-order valence-corrected chi connectivity index (χ0v) is 13.3. The molecule has 0 radical (unpaired) electrons. The van der Waals surface area contributed by atoms with Crippen molar-refractivity contribution < 1.29 is 22.1 Å². The zero-order chi connectivity index (χ0) is 16.7. The molecule has 0 saturated heterocycles. The van der Waals surface area contributed by atoms with Crippen LogP contribution in [-0.2, 0) is 14.9 Å². The van der Waals surface area contributed by atoms with Crippen LogP contribution < -0.4 is 4.18 Å². The van der Waals surface area contributed by atoms with Crippen molar-refractivity contribution in [2.45, 2.75) is 6.92 Å². The van der Waals surface area contributed by atoms with Gasteiger partial charge in [-0.15, -0.1) is 0 Å². The highest BCUT2D eigenvalue weighted by Crippen LogP contribution is 2.16. The smallest absolute Gasteiger partial charge is 0.338 e. The Morgan fingerprint density at radius 2 is 1.70 bits per heavy atom. The zero-order valence-electron chi connectivity index (χ0n) is 12.5. The van der Waals surface area contributed by atoms with Crippen molar-refractivity contribution in [2.75, 3.05) is 6.61 Å². The largest absolute Gasteiger partial charge is 0.462 e. The average Bonchev–Trinajstić information content (AvgIpc) is 2.55. The third-order valence-electron chi connectivity index (χ3n) is 2.80. The first-order valence-electron chi connectivity index (χ1n) is 6.95. The van der Waals surface area contributed by atoms with Crippen LogP contribution >= 0.6 is 0 Å². The molecule has 0 fully saturated rings. The predicted molar refractivity (Wildman–Crippen MR) is 87.4 cm³/mol. The number of carbonyl (C=O) groups excluding carboxylic acids is 1. The maximum absolute atomic E-state index is 11.9. The second-order valence-electron chi connectivity index (χ2n) is 4.53. The van der Waals surface area contributed by atoms with Crippen LogP contribution in [0.5, 0.6) is 5.75 Å². The summed E-state index contributed by atoms with van der Waals surface area (Å²) in [7, 11) is -3.87.